The van der Waals surface area contributed by atoms with E-state index >= 15 is 0 Å². The summed E-state index contributed by atoms with van der Waals surface area (Å²) in [6.45, 7) is 1.30. The van der Waals surface area contributed by atoms with Crippen LogP contribution in [0.1, 0.15) is 23.6 Å². The third-order valence-electron chi connectivity index (χ3n) is 3.74. The van der Waals surface area contributed by atoms with Crippen molar-refractivity contribution < 1.29 is 18.3 Å². The lowest BCUT2D eigenvalue weighted by atomic mass is 9.98. The molecule has 1 heterocycles. The number of nitrogens with zero attached hydrogens (tertiary/aromatic N) is 1. The highest BCUT2D eigenvalue weighted by Gasteiger charge is 2.36. The predicted octanol–water partition coefficient (Wildman–Crippen LogP) is 3.13. The summed E-state index contributed by atoms with van der Waals surface area (Å²) in [5.41, 5.74) is 5.28. The van der Waals surface area contributed by atoms with Gasteiger partial charge < -0.3 is 10.8 Å². The van der Waals surface area contributed by atoms with Crippen LogP contribution in [0.3, 0.4) is 0 Å². The molecular weight excluding hydrogens is 337 g/mol. The summed E-state index contributed by atoms with van der Waals surface area (Å²) in [5, 5.41) is 9.98. The molecule has 2 rings (SSSR count). The van der Waals surface area contributed by atoms with Crippen LogP contribution in [0.5, 0.6) is 5.75 Å². The van der Waals surface area contributed by atoms with Crippen LogP contribution in [0.25, 0.3) is 0 Å². The van der Waals surface area contributed by atoms with Crippen molar-refractivity contribution in [2.45, 2.75) is 18.6 Å². The van der Waals surface area contributed by atoms with Crippen LogP contribution in [0.15, 0.2) is 16.6 Å². The van der Waals surface area contributed by atoms with Crippen molar-refractivity contribution in [1.82, 2.24) is 4.90 Å². The molecule has 2 atom stereocenters. The number of alkyl halides is 3. The molecule has 7 heteroatoms. The maximum atomic E-state index is 12.7. The Hall–Kier alpha value is -0.790. The van der Waals surface area contributed by atoms with Gasteiger partial charge in [-0.3, -0.25) is 4.90 Å². The zero-order valence-corrected chi connectivity index (χ0v) is 12.5. The molecule has 1 aromatic carbocycles. The Morgan fingerprint density at radius 3 is 2.55 bits per heavy atom. The topological polar surface area (TPSA) is 49.5 Å². The molecule has 0 radical (unpaired) electrons. The molecular formula is C13H16BrF3N2O. The van der Waals surface area contributed by atoms with E-state index in [1.165, 1.54) is 0 Å². The summed E-state index contributed by atoms with van der Waals surface area (Å²) in [6, 6.07) is 1.67. The number of phenols is 1. The minimum Gasteiger partial charge on any atom is -0.508 e. The number of halogens is 4. The Balaban J connectivity index is 2.39. The van der Waals surface area contributed by atoms with Gasteiger partial charge in [-0.15, -0.1) is 0 Å². The molecule has 0 amide bonds. The fraction of sp³-hybridized carbons (Fsp3) is 0.538. The van der Waals surface area contributed by atoms with Crippen LogP contribution >= 0.6 is 15.9 Å². The SMILES string of the molecule is CN1CC(CN)CC1c1c(O)cc(C(F)(F)F)cc1Br. The first-order valence-corrected chi connectivity index (χ1v) is 7.03. The second-order valence-electron chi connectivity index (χ2n) is 5.18. The van der Waals surface area contributed by atoms with Crippen LogP contribution in [0.2, 0.25) is 0 Å². The summed E-state index contributed by atoms with van der Waals surface area (Å²) >= 11 is 3.15. The number of benzene rings is 1. The molecule has 3 N–H and O–H groups in total. The quantitative estimate of drug-likeness (QED) is 0.859. The van der Waals surface area contributed by atoms with Gasteiger partial charge in [-0.2, -0.15) is 13.2 Å². The molecule has 1 aromatic rings. The van der Waals surface area contributed by atoms with Crippen molar-refractivity contribution in [3.05, 3.63) is 27.7 Å². The van der Waals surface area contributed by atoms with Gasteiger partial charge in [-0.25, -0.2) is 0 Å². The lowest BCUT2D eigenvalue weighted by molar-refractivity contribution is -0.137. The molecule has 0 aromatic heterocycles. The number of aromatic hydroxyl groups is 1. The summed E-state index contributed by atoms with van der Waals surface area (Å²) in [5.74, 6) is -0.0418. The van der Waals surface area contributed by atoms with Gasteiger partial charge in [-0.05, 0) is 38.1 Å². The second kappa shape index (κ2) is 5.54. The Morgan fingerprint density at radius 2 is 2.10 bits per heavy atom. The first kappa shape index (κ1) is 15.6. The summed E-state index contributed by atoms with van der Waals surface area (Å²) < 4.78 is 38.4. The van der Waals surface area contributed by atoms with Crippen molar-refractivity contribution >= 4 is 15.9 Å². The zero-order chi connectivity index (χ0) is 15.1. The Labute approximate surface area is 123 Å². The maximum Gasteiger partial charge on any atom is 0.416 e. The summed E-state index contributed by atoms with van der Waals surface area (Å²) in [7, 11) is 1.88. The average molecular weight is 353 g/mol. The Morgan fingerprint density at radius 1 is 1.45 bits per heavy atom. The lowest BCUT2D eigenvalue weighted by Gasteiger charge is -2.23. The second-order valence-corrected chi connectivity index (χ2v) is 6.04. The van der Waals surface area contributed by atoms with E-state index in [0.29, 0.717) is 18.0 Å². The molecule has 0 saturated carbocycles. The first-order valence-electron chi connectivity index (χ1n) is 6.24. The van der Waals surface area contributed by atoms with Crippen LogP contribution in [-0.4, -0.2) is 30.1 Å². The van der Waals surface area contributed by atoms with Crippen molar-refractivity contribution in [2.75, 3.05) is 20.1 Å². The van der Waals surface area contributed by atoms with Crippen molar-refractivity contribution in [1.29, 1.82) is 0 Å². The van der Waals surface area contributed by atoms with Gasteiger partial charge in [-0.1, -0.05) is 15.9 Å². The Bertz CT molecular complexity index is 484. The molecule has 1 aliphatic heterocycles. The number of hydrogen-bond donors (Lipinski definition) is 2. The van der Waals surface area contributed by atoms with Gasteiger partial charge >= 0.3 is 6.18 Å². The number of hydrogen-bond acceptors (Lipinski definition) is 3. The van der Waals surface area contributed by atoms with E-state index in [0.717, 1.165) is 25.1 Å². The first-order chi connectivity index (χ1) is 9.24. The van der Waals surface area contributed by atoms with Gasteiger partial charge in [0.05, 0.1) is 5.56 Å². The Kier molecular flexibility index (Phi) is 4.32. The van der Waals surface area contributed by atoms with Gasteiger partial charge in [0.2, 0.25) is 0 Å². The number of phenolic OH excluding ortho intramolecular Hbond substituents is 1. The molecule has 0 bridgehead atoms. The minimum atomic E-state index is -4.47. The monoisotopic (exact) mass is 352 g/mol. The molecule has 20 heavy (non-hydrogen) atoms. The van der Waals surface area contributed by atoms with Crippen LogP contribution < -0.4 is 5.73 Å². The average Bonchev–Trinajstić information content (AvgIpc) is 2.69. The largest absolute Gasteiger partial charge is 0.508 e. The van der Waals surface area contributed by atoms with Gasteiger partial charge in [0, 0.05) is 22.6 Å². The fourth-order valence-electron chi connectivity index (χ4n) is 2.71. The molecule has 1 saturated heterocycles. The van der Waals surface area contributed by atoms with E-state index in [4.69, 9.17) is 5.73 Å². The molecule has 2 unspecified atom stereocenters. The summed E-state index contributed by atoms with van der Waals surface area (Å²) in [6.07, 6.45) is -3.75. The van der Waals surface area contributed by atoms with E-state index in [9.17, 15) is 18.3 Å². The van der Waals surface area contributed by atoms with Gasteiger partial charge in [0.15, 0.2) is 0 Å². The van der Waals surface area contributed by atoms with Crippen LogP contribution in [-0.2, 0) is 6.18 Å². The number of nitrogens with two attached hydrogens (primary N) is 1. The molecule has 3 nitrogen and oxygen atoms in total. The highest BCUT2D eigenvalue weighted by atomic mass is 79.9. The van der Waals surface area contributed by atoms with Gasteiger partial charge in [0.25, 0.3) is 0 Å². The molecule has 1 aliphatic rings. The fourth-order valence-corrected chi connectivity index (χ4v) is 3.42. The van der Waals surface area contributed by atoms with E-state index < -0.39 is 11.7 Å². The lowest BCUT2D eigenvalue weighted by Crippen LogP contribution is -2.21. The molecule has 1 fully saturated rings. The third-order valence-corrected chi connectivity index (χ3v) is 4.39. The van der Waals surface area contributed by atoms with Gasteiger partial charge in [0.1, 0.15) is 5.75 Å². The van der Waals surface area contributed by atoms with Crippen LogP contribution in [0.4, 0.5) is 13.2 Å². The van der Waals surface area contributed by atoms with E-state index in [1.807, 2.05) is 11.9 Å². The van der Waals surface area contributed by atoms with Crippen molar-refractivity contribution in [2.24, 2.45) is 11.7 Å². The molecule has 0 spiro atoms. The zero-order valence-electron chi connectivity index (χ0n) is 10.9. The smallest absolute Gasteiger partial charge is 0.416 e. The molecule has 112 valence electrons. The highest BCUT2D eigenvalue weighted by Crippen LogP contribution is 2.44. The number of likely N-dealkylation sites (tertiary alicyclic amines) is 1. The van der Waals surface area contributed by atoms with Crippen molar-refractivity contribution in [3.63, 3.8) is 0 Å². The van der Waals surface area contributed by atoms with E-state index in [2.05, 4.69) is 15.9 Å². The summed E-state index contributed by atoms with van der Waals surface area (Å²) in [4.78, 5) is 2.00. The molecule has 0 aliphatic carbocycles. The minimum absolute atomic E-state index is 0.125. The van der Waals surface area contributed by atoms with E-state index in [-0.39, 0.29) is 16.3 Å². The maximum absolute atomic E-state index is 12.7. The highest BCUT2D eigenvalue weighted by molar-refractivity contribution is 9.10. The van der Waals surface area contributed by atoms with Crippen molar-refractivity contribution in [3.8, 4) is 5.75 Å². The predicted molar refractivity (Wildman–Crippen MR) is 73.3 cm³/mol. The normalized spacial score (nSPS) is 24.3. The number of rotatable bonds is 2. The van der Waals surface area contributed by atoms with Crippen LogP contribution in [0, 0.1) is 5.92 Å². The third kappa shape index (κ3) is 2.94. The van der Waals surface area contributed by atoms with E-state index in [1.54, 1.807) is 0 Å². The standard InChI is InChI=1S/C13H16BrF3N2O/c1-19-6-7(5-18)2-10(19)12-9(14)3-8(4-11(12)20)13(15,16)17/h3-4,7,10,20H,2,5-6,18H2,1H3.